The van der Waals surface area contributed by atoms with Crippen molar-refractivity contribution in [2.24, 2.45) is 5.41 Å². The molecule has 0 N–H and O–H groups in total. The first-order valence-corrected chi connectivity index (χ1v) is 13.0. The predicted octanol–water partition coefficient (Wildman–Crippen LogP) is 6.76. The molecular formula is C29H33BO3S-. The van der Waals surface area contributed by atoms with E-state index in [2.05, 4.69) is 78.3 Å². The molecule has 1 fully saturated rings. The van der Waals surface area contributed by atoms with Crippen LogP contribution >= 0.6 is 0 Å². The topological polar surface area (TPSA) is 49.4 Å². The summed E-state index contributed by atoms with van der Waals surface area (Å²) < 4.78 is 28.1. The van der Waals surface area contributed by atoms with Crippen molar-refractivity contribution in [2.75, 3.05) is 0 Å². The predicted molar refractivity (Wildman–Crippen MR) is 140 cm³/mol. The van der Waals surface area contributed by atoms with Gasteiger partial charge < -0.3 is 9.29 Å². The molecule has 1 aliphatic carbocycles. The van der Waals surface area contributed by atoms with Gasteiger partial charge in [-0.1, -0.05) is 81.8 Å². The zero-order valence-corrected chi connectivity index (χ0v) is 21.6. The zero-order chi connectivity index (χ0) is 24.6. The van der Waals surface area contributed by atoms with Gasteiger partial charge in [0, 0.05) is 10.3 Å². The van der Waals surface area contributed by atoms with Gasteiger partial charge in [-0.2, -0.15) is 0 Å². The summed E-state index contributed by atoms with van der Waals surface area (Å²) in [5.74, 6) is 1.35. The van der Waals surface area contributed by atoms with Crippen LogP contribution < -0.4 is 10.2 Å². The van der Waals surface area contributed by atoms with E-state index in [1.807, 2.05) is 12.1 Å². The maximum Gasteiger partial charge on any atom is 0.157 e. The molecular weight excluding hydrogens is 439 g/mol. The van der Waals surface area contributed by atoms with Crippen LogP contribution in [-0.4, -0.2) is 16.0 Å². The van der Waals surface area contributed by atoms with Gasteiger partial charge in [-0.05, 0) is 83.3 Å². The molecule has 2 unspecified atom stereocenters. The zero-order valence-electron chi connectivity index (χ0n) is 20.8. The second kappa shape index (κ2) is 9.35. The number of rotatable bonds is 6. The van der Waals surface area contributed by atoms with Crippen molar-refractivity contribution in [1.29, 1.82) is 0 Å². The normalized spacial score (nSPS) is 20.6. The maximum atomic E-state index is 11.1. The van der Waals surface area contributed by atoms with E-state index in [1.54, 1.807) is 24.3 Å². The smallest absolute Gasteiger partial charge is 0.157 e. The van der Waals surface area contributed by atoms with Gasteiger partial charge in [0.25, 0.3) is 0 Å². The van der Waals surface area contributed by atoms with Crippen molar-refractivity contribution in [1.82, 2.24) is 0 Å². The molecule has 0 spiro atoms. The lowest BCUT2D eigenvalue weighted by Crippen LogP contribution is -2.28. The minimum atomic E-state index is -2.23. The summed E-state index contributed by atoms with van der Waals surface area (Å²) in [4.78, 5) is 0.250. The van der Waals surface area contributed by atoms with E-state index in [4.69, 9.17) is 4.74 Å². The highest BCUT2D eigenvalue weighted by Crippen LogP contribution is 2.54. The average Bonchev–Trinajstić information content (AvgIpc) is 3.10. The number of hydrogen-bond acceptors (Lipinski definition) is 3. The standard InChI is InChI=1S/C29H34BO3S/c1-27(2,3)30-23-10-6-21(7-11-23)29(19-18-28(4,5)20-29)22-8-12-24(13-9-22)33-25-14-16-26(17-15-25)34(31)32/h6-17H,18-20H2,1-5H3,(H,31,32)/p-1. The quantitative estimate of drug-likeness (QED) is 0.294. The molecule has 3 aromatic rings. The highest BCUT2D eigenvalue weighted by atomic mass is 32.2. The Bertz CT molecular complexity index is 1150. The molecule has 3 aromatic carbocycles. The Morgan fingerprint density at radius 3 is 1.76 bits per heavy atom. The summed E-state index contributed by atoms with van der Waals surface area (Å²) in [7, 11) is 2.31. The highest BCUT2D eigenvalue weighted by Gasteiger charge is 2.45. The summed E-state index contributed by atoms with van der Waals surface area (Å²) >= 11 is -2.23. The molecule has 34 heavy (non-hydrogen) atoms. The largest absolute Gasteiger partial charge is 0.768 e. The first-order valence-electron chi connectivity index (χ1n) is 11.9. The molecule has 3 nitrogen and oxygen atoms in total. The average molecular weight is 472 g/mol. The molecule has 177 valence electrons. The maximum absolute atomic E-state index is 11.1. The third-order valence-electron chi connectivity index (χ3n) is 6.73. The lowest BCUT2D eigenvalue weighted by Gasteiger charge is -2.33. The molecule has 1 aliphatic rings. The summed E-state index contributed by atoms with van der Waals surface area (Å²) in [6.07, 6.45) is 3.42. The van der Waals surface area contributed by atoms with Crippen molar-refractivity contribution >= 4 is 23.8 Å². The van der Waals surface area contributed by atoms with Crippen LogP contribution in [0.5, 0.6) is 11.5 Å². The number of hydrogen-bond donors (Lipinski definition) is 0. The third-order valence-corrected chi connectivity index (χ3v) is 7.39. The van der Waals surface area contributed by atoms with Crippen molar-refractivity contribution < 1.29 is 13.5 Å². The van der Waals surface area contributed by atoms with Crippen LogP contribution in [-0.2, 0) is 16.5 Å². The summed E-state index contributed by atoms with van der Waals surface area (Å²) in [6.45, 7) is 11.4. The van der Waals surface area contributed by atoms with Crippen LogP contribution in [0, 0.1) is 5.41 Å². The van der Waals surface area contributed by atoms with Gasteiger partial charge in [-0.15, -0.1) is 0 Å². The molecule has 5 heteroatoms. The van der Waals surface area contributed by atoms with Gasteiger partial charge in [-0.3, -0.25) is 4.21 Å². The van der Waals surface area contributed by atoms with Crippen molar-refractivity contribution in [3.8, 4) is 11.5 Å². The fourth-order valence-electron chi connectivity index (χ4n) is 5.20. The van der Waals surface area contributed by atoms with E-state index in [0.717, 1.165) is 18.6 Å². The van der Waals surface area contributed by atoms with E-state index in [9.17, 15) is 8.76 Å². The second-order valence-corrected chi connectivity index (χ2v) is 12.3. The molecule has 0 heterocycles. The Balaban J connectivity index is 1.60. The number of benzene rings is 3. The molecule has 1 radical (unpaired) electrons. The van der Waals surface area contributed by atoms with Gasteiger partial charge in [0.2, 0.25) is 0 Å². The molecule has 0 aliphatic heterocycles. The van der Waals surface area contributed by atoms with Crippen molar-refractivity contribution in [3.63, 3.8) is 0 Å². The third kappa shape index (κ3) is 5.64. The first-order chi connectivity index (χ1) is 16.0. The number of ether oxygens (including phenoxy) is 1. The fourth-order valence-corrected chi connectivity index (χ4v) is 5.56. The second-order valence-electron chi connectivity index (χ2n) is 11.4. The summed E-state index contributed by atoms with van der Waals surface area (Å²) in [5.41, 5.74) is 4.23. The van der Waals surface area contributed by atoms with Crippen LogP contribution in [0.2, 0.25) is 5.31 Å². The van der Waals surface area contributed by atoms with Gasteiger partial charge in [-0.25, -0.2) is 0 Å². The Hall–Kier alpha value is -2.37. The summed E-state index contributed by atoms with van der Waals surface area (Å²) in [6, 6.07) is 24.0. The van der Waals surface area contributed by atoms with Gasteiger partial charge >= 0.3 is 0 Å². The SMILES string of the molecule is CC(C)(C)[B]c1ccc(C2(c3ccc(Oc4ccc(S(=O)[O-])cc4)cc3)CCC(C)(C)C2)cc1. The van der Waals surface area contributed by atoms with E-state index in [0.29, 0.717) is 5.75 Å². The van der Waals surface area contributed by atoms with Crippen molar-refractivity contribution in [3.05, 3.63) is 83.9 Å². The van der Waals surface area contributed by atoms with E-state index in [-0.39, 0.29) is 21.0 Å². The fraction of sp³-hybridized carbons (Fsp3) is 0.379. The van der Waals surface area contributed by atoms with Crippen LogP contribution in [0.1, 0.15) is 65.0 Å². The van der Waals surface area contributed by atoms with Gasteiger partial charge in [0.1, 0.15) is 11.5 Å². The molecule has 0 bridgehead atoms. The van der Waals surface area contributed by atoms with Crippen LogP contribution in [0.3, 0.4) is 0 Å². The molecule has 0 amide bonds. The monoisotopic (exact) mass is 472 g/mol. The lowest BCUT2D eigenvalue weighted by atomic mass is 9.51. The lowest BCUT2D eigenvalue weighted by molar-refractivity contribution is 0.356. The molecule has 0 saturated heterocycles. The minimum absolute atomic E-state index is 0.0118. The van der Waals surface area contributed by atoms with Gasteiger partial charge in [0.05, 0.1) is 0 Å². The van der Waals surface area contributed by atoms with E-state index >= 15 is 0 Å². The Morgan fingerprint density at radius 1 is 0.824 bits per heavy atom. The Morgan fingerprint density at radius 2 is 1.32 bits per heavy atom. The molecule has 0 aromatic heterocycles. The minimum Gasteiger partial charge on any atom is -0.768 e. The van der Waals surface area contributed by atoms with E-state index < -0.39 is 11.1 Å². The Kier molecular flexibility index (Phi) is 6.81. The van der Waals surface area contributed by atoms with Crippen LogP contribution in [0.25, 0.3) is 0 Å². The van der Waals surface area contributed by atoms with Crippen LogP contribution in [0.4, 0.5) is 0 Å². The molecule has 1 saturated carbocycles. The first kappa shape index (κ1) is 24.7. The molecule has 4 rings (SSSR count). The van der Waals surface area contributed by atoms with Crippen molar-refractivity contribution in [2.45, 2.75) is 69.5 Å². The highest BCUT2D eigenvalue weighted by molar-refractivity contribution is 7.79. The van der Waals surface area contributed by atoms with E-state index in [1.165, 1.54) is 23.0 Å². The summed E-state index contributed by atoms with van der Waals surface area (Å²) in [5, 5.41) is 0.150. The van der Waals surface area contributed by atoms with Gasteiger partial charge in [0.15, 0.2) is 7.28 Å². The van der Waals surface area contributed by atoms with Crippen LogP contribution in [0.15, 0.2) is 77.7 Å². The molecule has 2 atom stereocenters. The Labute approximate surface area is 207 Å².